The molecule has 1 aliphatic carbocycles. The average molecular weight is 529 g/mol. The van der Waals surface area contributed by atoms with Crippen molar-refractivity contribution in [1.82, 2.24) is 25.0 Å². The fraction of sp³-hybridized carbons (Fsp3) is 0.458. The van der Waals surface area contributed by atoms with Crippen molar-refractivity contribution >= 4 is 39.1 Å². The van der Waals surface area contributed by atoms with Crippen molar-refractivity contribution in [1.29, 1.82) is 0 Å². The number of likely N-dealkylation sites (tertiary alicyclic amines) is 1. The second kappa shape index (κ2) is 11.2. The second-order valence-corrected chi connectivity index (χ2v) is 11.5. The van der Waals surface area contributed by atoms with E-state index in [4.69, 9.17) is 5.73 Å². The van der Waals surface area contributed by atoms with E-state index in [0.717, 1.165) is 25.6 Å². The minimum Gasteiger partial charge on any atom is -0.364 e. The van der Waals surface area contributed by atoms with Gasteiger partial charge in [-0.3, -0.25) is 14.5 Å². The highest BCUT2D eigenvalue weighted by atomic mass is 32.2. The highest BCUT2D eigenvalue weighted by molar-refractivity contribution is 7.90. The first kappa shape index (κ1) is 26.5. The van der Waals surface area contributed by atoms with Gasteiger partial charge in [0.1, 0.15) is 0 Å². The maximum atomic E-state index is 12.7. The molecule has 2 heterocycles. The van der Waals surface area contributed by atoms with Crippen LogP contribution < -0.4 is 16.4 Å². The third-order valence-electron chi connectivity index (χ3n) is 6.36. The number of sulfone groups is 1. The van der Waals surface area contributed by atoms with Crippen LogP contribution >= 0.6 is 0 Å². The third kappa shape index (κ3) is 7.23. The average Bonchev–Trinajstić information content (AvgIpc) is 3.70. The molecule has 198 valence electrons. The van der Waals surface area contributed by atoms with E-state index in [9.17, 15) is 18.0 Å². The predicted molar refractivity (Wildman–Crippen MR) is 139 cm³/mol. The van der Waals surface area contributed by atoms with Crippen LogP contribution in [0.15, 0.2) is 41.3 Å². The summed E-state index contributed by atoms with van der Waals surface area (Å²) in [4.78, 5) is 33.1. The first-order chi connectivity index (χ1) is 17.6. The number of anilines is 3. The number of primary amides is 1. The Morgan fingerprint density at radius 2 is 1.92 bits per heavy atom. The number of amides is 2. The summed E-state index contributed by atoms with van der Waals surface area (Å²) in [5, 5.41) is 14.1. The summed E-state index contributed by atoms with van der Waals surface area (Å²) in [6.45, 7) is 1.92. The molecule has 2 aromatic rings. The number of nitrogens with one attached hydrogen (secondary N) is 2. The van der Waals surface area contributed by atoms with Crippen LogP contribution in [0.3, 0.4) is 0 Å². The standard InChI is InChI=1S/C24H32N8O4S/c1-31(18-9-10-18)13-4-6-20(33)32-14-3-5-17(15-32)27-24-28-23(21(22(25)34)29-30-24)26-16-7-11-19(12-8-16)37(2,35)36/h4,6-8,11-12,17-18H,3,5,9-10,13-15H2,1-2H3,(H2,25,34)(H2,26,27,28,30)/b6-4+. The summed E-state index contributed by atoms with van der Waals surface area (Å²) >= 11 is 0. The molecule has 1 aromatic heterocycles. The Morgan fingerprint density at radius 3 is 2.57 bits per heavy atom. The van der Waals surface area contributed by atoms with Crippen molar-refractivity contribution in [3.05, 3.63) is 42.1 Å². The highest BCUT2D eigenvalue weighted by Gasteiger charge is 2.26. The van der Waals surface area contributed by atoms with Gasteiger partial charge in [-0.05, 0) is 57.0 Å². The quantitative estimate of drug-likeness (QED) is 0.381. The first-order valence-electron chi connectivity index (χ1n) is 12.1. The number of nitrogens with zero attached hydrogens (tertiary/aromatic N) is 5. The zero-order chi connectivity index (χ0) is 26.6. The van der Waals surface area contributed by atoms with Crippen LogP contribution in [0.25, 0.3) is 0 Å². The van der Waals surface area contributed by atoms with Gasteiger partial charge in [0, 0.05) is 49.7 Å². The van der Waals surface area contributed by atoms with Gasteiger partial charge in [0.25, 0.3) is 5.91 Å². The molecule has 0 spiro atoms. The third-order valence-corrected chi connectivity index (χ3v) is 7.48. The Labute approximate surface area is 216 Å². The number of benzene rings is 1. The lowest BCUT2D eigenvalue weighted by molar-refractivity contribution is -0.127. The summed E-state index contributed by atoms with van der Waals surface area (Å²) in [7, 11) is -1.27. The molecular weight excluding hydrogens is 496 g/mol. The normalized spacial score (nSPS) is 18.2. The number of carbonyl (C=O) groups is 2. The van der Waals surface area contributed by atoms with Crippen molar-refractivity contribution in [2.45, 2.75) is 42.7 Å². The fourth-order valence-corrected chi connectivity index (χ4v) is 4.76. The van der Waals surface area contributed by atoms with E-state index in [0.29, 0.717) is 24.8 Å². The zero-order valence-electron chi connectivity index (χ0n) is 20.9. The molecule has 1 aromatic carbocycles. The van der Waals surface area contributed by atoms with Crippen molar-refractivity contribution < 1.29 is 18.0 Å². The van der Waals surface area contributed by atoms with E-state index in [2.05, 4.69) is 37.8 Å². The second-order valence-electron chi connectivity index (χ2n) is 9.46. The number of hydrogen-bond donors (Lipinski definition) is 3. The number of nitrogens with two attached hydrogens (primary N) is 1. The van der Waals surface area contributed by atoms with Gasteiger partial charge >= 0.3 is 0 Å². The molecule has 12 nitrogen and oxygen atoms in total. The van der Waals surface area contributed by atoms with Crippen LogP contribution in [-0.4, -0.2) is 90.2 Å². The molecule has 1 unspecified atom stereocenters. The van der Waals surface area contributed by atoms with E-state index in [-0.39, 0.29) is 34.3 Å². The molecule has 2 aliphatic rings. The van der Waals surface area contributed by atoms with Gasteiger partial charge in [0.05, 0.1) is 4.90 Å². The Bertz CT molecular complexity index is 1280. The molecule has 0 bridgehead atoms. The molecule has 37 heavy (non-hydrogen) atoms. The van der Waals surface area contributed by atoms with Gasteiger partial charge in [0.15, 0.2) is 21.3 Å². The minimum atomic E-state index is -3.34. The first-order valence-corrected chi connectivity index (χ1v) is 14.0. The molecular formula is C24H32N8O4S. The van der Waals surface area contributed by atoms with Gasteiger partial charge in [0.2, 0.25) is 11.9 Å². The summed E-state index contributed by atoms with van der Waals surface area (Å²) in [6, 6.07) is 6.55. The monoisotopic (exact) mass is 528 g/mol. The van der Waals surface area contributed by atoms with Crippen LogP contribution in [0.1, 0.15) is 36.2 Å². The summed E-state index contributed by atoms with van der Waals surface area (Å²) in [5.74, 6) is -0.571. The Morgan fingerprint density at radius 1 is 1.19 bits per heavy atom. The highest BCUT2D eigenvalue weighted by Crippen LogP contribution is 2.25. The molecule has 2 fully saturated rings. The van der Waals surface area contributed by atoms with Crippen molar-refractivity contribution in [3.63, 3.8) is 0 Å². The number of piperidine rings is 1. The van der Waals surface area contributed by atoms with Crippen LogP contribution in [0.5, 0.6) is 0 Å². The van der Waals surface area contributed by atoms with E-state index in [1.807, 2.05) is 6.08 Å². The Hall–Kier alpha value is -3.58. The van der Waals surface area contributed by atoms with Gasteiger partial charge < -0.3 is 21.3 Å². The van der Waals surface area contributed by atoms with Gasteiger partial charge in [-0.1, -0.05) is 6.08 Å². The smallest absolute Gasteiger partial charge is 0.273 e. The van der Waals surface area contributed by atoms with E-state index in [1.165, 1.54) is 25.0 Å². The van der Waals surface area contributed by atoms with Gasteiger partial charge in [-0.15, -0.1) is 10.2 Å². The molecule has 4 N–H and O–H groups in total. The topological polar surface area (TPSA) is 164 Å². The zero-order valence-corrected chi connectivity index (χ0v) is 21.7. The molecule has 2 amide bonds. The van der Waals surface area contributed by atoms with Crippen LogP contribution in [0, 0.1) is 0 Å². The van der Waals surface area contributed by atoms with Crippen molar-refractivity contribution in [2.75, 3.05) is 43.6 Å². The number of carbonyl (C=O) groups excluding carboxylic acids is 2. The van der Waals surface area contributed by atoms with E-state index < -0.39 is 15.7 Å². The van der Waals surface area contributed by atoms with Crippen LogP contribution in [0.4, 0.5) is 17.5 Å². The number of likely N-dealkylation sites (N-methyl/N-ethyl adjacent to an activating group) is 1. The van der Waals surface area contributed by atoms with Crippen LogP contribution in [-0.2, 0) is 14.6 Å². The van der Waals surface area contributed by atoms with Gasteiger partial charge in [-0.25, -0.2) is 8.42 Å². The lowest BCUT2D eigenvalue weighted by Crippen LogP contribution is -2.44. The molecule has 1 saturated heterocycles. The van der Waals surface area contributed by atoms with E-state index in [1.54, 1.807) is 23.1 Å². The maximum absolute atomic E-state index is 12.7. The summed E-state index contributed by atoms with van der Waals surface area (Å²) in [5.41, 5.74) is 5.78. The number of aromatic nitrogens is 3. The van der Waals surface area contributed by atoms with Gasteiger partial charge in [-0.2, -0.15) is 4.98 Å². The van der Waals surface area contributed by atoms with E-state index >= 15 is 0 Å². The molecule has 13 heteroatoms. The number of rotatable bonds is 10. The molecule has 1 saturated carbocycles. The Kier molecular flexibility index (Phi) is 8.03. The maximum Gasteiger partial charge on any atom is 0.273 e. The molecule has 1 atom stereocenters. The lowest BCUT2D eigenvalue weighted by atomic mass is 10.1. The largest absolute Gasteiger partial charge is 0.364 e. The predicted octanol–water partition coefficient (Wildman–Crippen LogP) is 1.17. The Balaban J connectivity index is 1.41. The lowest BCUT2D eigenvalue weighted by Gasteiger charge is -2.32. The molecule has 1 aliphatic heterocycles. The molecule has 4 rings (SSSR count). The van der Waals surface area contributed by atoms with Crippen molar-refractivity contribution in [3.8, 4) is 0 Å². The molecule has 0 radical (unpaired) electrons. The SMILES string of the molecule is CN(C/C=C/C(=O)N1CCCC(Nc2nnc(C(N)=O)c(Nc3ccc(S(C)(=O)=O)cc3)n2)C1)C1CC1. The van der Waals surface area contributed by atoms with Crippen LogP contribution in [0.2, 0.25) is 0 Å². The van der Waals surface area contributed by atoms with Crippen molar-refractivity contribution in [2.24, 2.45) is 5.73 Å². The summed E-state index contributed by atoms with van der Waals surface area (Å²) < 4.78 is 23.4. The fourth-order valence-electron chi connectivity index (χ4n) is 4.13. The minimum absolute atomic E-state index is 0.0290. The summed E-state index contributed by atoms with van der Waals surface area (Å²) in [6.07, 6.45) is 8.75. The number of hydrogen-bond acceptors (Lipinski definition) is 10.